The first-order valence-corrected chi connectivity index (χ1v) is 12.2. The maximum atomic E-state index is 11.8. The highest BCUT2D eigenvalue weighted by Crippen LogP contribution is 2.51. The van der Waals surface area contributed by atoms with E-state index in [2.05, 4.69) is 68.4 Å². The lowest BCUT2D eigenvalue weighted by atomic mass is 9.79. The normalized spacial score (nSPS) is 15.3. The quantitative estimate of drug-likeness (QED) is 0.423. The number of phenolic OH excluding ortho intramolecular Hbond substituents is 2. The average Bonchev–Trinajstić information content (AvgIpc) is 3.12. The molecule has 0 fully saturated rings. The number of quaternary nitrogens is 1. The van der Waals surface area contributed by atoms with Crippen LogP contribution in [0.25, 0.3) is 0 Å². The van der Waals surface area contributed by atoms with E-state index in [0.717, 1.165) is 16.7 Å². The smallest absolute Gasteiger partial charge is 0.235 e. The number of benzene rings is 3. The molecule has 184 valence electrons. The van der Waals surface area contributed by atoms with Crippen LogP contribution in [0.3, 0.4) is 0 Å². The van der Waals surface area contributed by atoms with Crippen molar-refractivity contribution in [2.75, 3.05) is 0 Å². The van der Waals surface area contributed by atoms with Gasteiger partial charge in [-0.2, -0.15) is 0 Å². The van der Waals surface area contributed by atoms with Crippen LogP contribution >= 0.6 is 0 Å². The lowest BCUT2D eigenvalue weighted by Crippen LogP contribution is -2.33. The average molecular weight is 473 g/mol. The Morgan fingerprint density at radius 1 is 0.600 bits per heavy atom. The summed E-state index contributed by atoms with van der Waals surface area (Å²) in [7, 11) is 0. The Balaban J connectivity index is 2.18. The molecule has 0 saturated carbocycles. The van der Waals surface area contributed by atoms with Crippen LogP contribution in [0, 0.1) is 0 Å². The van der Waals surface area contributed by atoms with Gasteiger partial charge in [0, 0.05) is 17.7 Å². The first-order valence-electron chi connectivity index (χ1n) is 12.2. The van der Waals surface area contributed by atoms with Crippen LogP contribution in [0.15, 0.2) is 64.8 Å². The van der Waals surface area contributed by atoms with Gasteiger partial charge in [-0.1, -0.05) is 86.6 Å². The highest BCUT2D eigenvalue weighted by molar-refractivity contribution is 5.72. The fourth-order valence-corrected chi connectivity index (χ4v) is 4.41. The summed E-state index contributed by atoms with van der Waals surface area (Å²) in [6.45, 7) is 19.1. The number of fused-ring (bicyclic) bond motifs is 1. The van der Waals surface area contributed by atoms with E-state index in [0.29, 0.717) is 22.1 Å². The van der Waals surface area contributed by atoms with Crippen LogP contribution in [0.4, 0.5) is 11.4 Å². The second-order valence-corrected chi connectivity index (χ2v) is 12.6. The predicted octanol–water partition coefficient (Wildman–Crippen LogP) is 6.41. The van der Waals surface area contributed by atoms with Crippen molar-refractivity contribution in [2.24, 2.45) is 10.2 Å². The Bertz CT molecular complexity index is 1380. The van der Waals surface area contributed by atoms with Crippen molar-refractivity contribution >= 4 is 11.4 Å². The second-order valence-electron chi connectivity index (χ2n) is 12.6. The van der Waals surface area contributed by atoms with Crippen molar-refractivity contribution in [3.8, 4) is 11.5 Å². The van der Waals surface area contributed by atoms with Gasteiger partial charge in [-0.25, -0.2) is 0 Å². The van der Waals surface area contributed by atoms with Crippen molar-refractivity contribution in [3.63, 3.8) is 0 Å². The standard InChI is InChI=1S/C30H37N3O2/c1-28(2,3)19-14-15-26(34)24(17-19)33(31-22-12-10-11-13-23(22)32-33)25-18-20(29(4,5)6)16-21(27(25)35)30(7,8)9/h10-18H,1-9H3,(H-,34,35)/p+1. The van der Waals surface area contributed by atoms with Crippen LogP contribution in [-0.2, 0) is 16.2 Å². The number of phenols is 2. The number of hydrogen-bond acceptors (Lipinski definition) is 4. The maximum absolute atomic E-state index is 11.8. The molecular formula is C30H38N3O2+. The van der Waals surface area contributed by atoms with Crippen LogP contribution in [0.2, 0.25) is 0 Å². The molecular weight excluding hydrogens is 434 g/mol. The van der Waals surface area contributed by atoms with E-state index in [4.69, 9.17) is 10.2 Å². The van der Waals surface area contributed by atoms with Crippen LogP contribution in [0.5, 0.6) is 11.5 Å². The van der Waals surface area contributed by atoms with Gasteiger partial charge in [0.25, 0.3) is 0 Å². The zero-order valence-corrected chi connectivity index (χ0v) is 22.4. The van der Waals surface area contributed by atoms with Crippen molar-refractivity contribution in [3.05, 3.63) is 82.0 Å². The minimum atomic E-state index is -0.381. The fourth-order valence-electron chi connectivity index (χ4n) is 4.41. The minimum absolute atomic E-state index is 0.0798. The summed E-state index contributed by atoms with van der Waals surface area (Å²) < 4.78 is -0.381. The van der Waals surface area contributed by atoms with Crippen LogP contribution < -0.4 is 15.4 Å². The van der Waals surface area contributed by atoms with Crippen molar-refractivity contribution in [1.82, 2.24) is 4.70 Å². The van der Waals surface area contributed by atoms with Gasteiger partial charge in [-0.15, -0.1) is 0 Å². The molecule has 2 N–H and O–H groups in total. The highest BCUT2D eigenvalue weighted by Gasteiger charge is 2.45. The minimum Gasteiger partial charge on any atom is -0.503 e. The van der Waals surface area contributed by atoms with Gasteiger partial charge in [0.05, 0.1) is 0 Å². The van der Waals surface area contributed by atoms with Gasteiger partial charge in [-0.05, 0) is 60.5 Å². The van der Waals surface area contributed by atoms with E-state index >= 15 is 0 Å². The van der Waals surface area contributed by atoms with Gasteiger partial charge < -0.3 is 10.2 Å². The number of aromatic hydroxyl groups is 2. The first-order chi connectivity index (χ1) is 16.0. The molecule has 0 unspecified atom stereocenters. The van der Waals surface area contributed by atoms with Gasteiger partial charge >= 0.3 is 0 Å². The SMILES string of the molecule is CC(C)(C)c1ccc(O)c([N+]2(c3cc(C(C)(C)C)cc(C(C)(C)C)c3O)N=c3ccccc3=N2)c1. The summed E-state index contributed by atoms with van der Waals surface area (Å²) in [5, 5.41) is 34.5. The first kappa shape index (κ1) is 24.9. The molecule has 0 aromatic heterocycles. The van der Waals surface area contributed by atoms with E-state index < -0.39 is 0 Å². The molecule has 5 nitrogen and oxygen atoms in total. The Kier molecular flexibility index (Phi) is 5.64. The molecule has 3 aromatic carbocycles. The van der Waals surface area contributed by atoms with E-state index in [1.54, 1.807) is 6.07 Å². The summed E-state index contributed by atoms with van der Waals surface area (Å²) >= 11 is 0. The molecule has 0 spiro atoms. The third-order valence-corrected chi connectivity index (χ3v) is 6.66. The van der Waals surface area contributed by atoms with E-state index in [9.17, 15) is 10.2 Å². The van der Waals surface area contributed by atoms with Gasteiger partial charge in [-0.3, -0.25) is 0 Å². The lowest BCUT2D eigenvalue weighted by Gasteiger charge is -2.31. The van der Waals surface area contributed by atoms with Gasteiger partial charge in [0.15, 0.2) is 22.2 Å². The second kappa shape index (κ2) is 7.92. The summed E-state index contributed by atoms with van der Waals surface area (Å²) in [5.41, 5.74) is 3.35. The predicted molar refractivity (Wildman–Crippen MR) is 143 cm³/mol. The molecule has 3 aromatic rings. The van der Waals surface area contributed by atoms with Crippen molar-refractivity contribution in [2.45, 2.75) is 78.6 Å². The topological polar surface area (TPSA) is 65.2 Å². The Labute approximate surface area is 208 Å². The highest BCUT2D eigenvalue weighted by atomic mass is 16.3. The van der Waals surface area contributed by atoms with Crippen LogP contribution in [0.1, 0.15) is 79.0 Å². The molecule has 35 heavy (non-hydrogen) atoms. The summed E-state index contributed by atoms with van der Waals surface area (Å²) in [5.74, 6) is 0.225. The zero-order valence-electron chi connectivity index (χ0n) is 22.4. The molecule has 4 rings (SSSR count). The molecule has 0 saturated heterocycles. The number of hydrogen-bond donors (Lipinski definition) is 2. The Morgan fingerprint density at radius 3 is 1.60 bits per heavy atom. The van der Waals surface area contributed by atoms with E-state index in [1.807, 2.05) is 42.5 Å². The lowest BCUT2D eigenvalue weighted by molar-refractivity contribution is 0.364. The Morgan fingerprint density at radius 2 is 1.11 bits per heavy atom. The fraction of sp³-hybridized carbons (Fsp3) is 0.400. The van der Waals surface area contributed by atoms with Crippen molar-refractivity contribution in [1.29, 1.82) is 0 Å². The van der Waals surface area contributed by atoms with E-state index in [1.165, 1.54) is 0 Å². The summed E-state index contributed by atoms with van der Waals surface area (Å²) in [6, 6.07) is 17.4. The molecule has 0 aliphatic carbocycles. The largest absolute Gasteiger partial charge is 0.503 e. The third-order valence-electron chi connectivity index (χ3n) is 6.66. The number of rotatable bonds is 2. The molecule has 1 aliphatic rings. The molecule has 1 heterocycles. The molecule has 0 amide bonds. The molecule has 1 aliphatic heterocycles. The van der Waals surface area contributed by atoms with Crippen molar-refractivity contribution < 1.29 is 10.2 Å². The van der Waals surface area contributed by atoms with E-state index in [-0.39, 0.29) is 32.4 Å². The molecule has 5 heteroatoms. The number of nitrogens with zero attached hydrogens (tertiary/aromatic N) is 3. The monoisotopic (exact) mass is 472 g/mol. The summed E-state index contributed by atoms with van der Waals surface area (Å²) in [4.78, 5) is 0. The molecule has 0 bridgehead atoms. The van der Waals surface area contributed by atoms with Gasteiger partial charge in [0.2, 0.25) is 11.4 Å². The van der Waals surface area contributed by atoms with Crippen LogP contribution in [-0.4, -0.2) is 10.2 Å². The Hall–Kier alpha value is -3.18. The molecule has 0 radical (unpaired) electrons. The zero-order chi connectivity index (χ0) is 26.0. The maximum Gasteiger partial charge on any atom is 0.235 e. The summed E-state index contributed by atoms with van der Waals surface area (Å²) in [6.07, 6.45) is 0. The van der Waals surface area contributed by atoms with Gasteiger partial charge in [0.1, 0.15) is 0 Å². The molecule has 0 atom stereocenters. The third kappa shape index (κ3) is 4.34.